The number of nitriles is 3. The third kappa shape index (κ3) is 4.60. The second kappa shape index (κ2) is 10.9. The van der Waals surface area contributed by atoms with E-state index in [-0.39, 0.29) is 11.5 Å². The maximum absolute atomic E-state index is 9.09. The third-order valence-electron chi connectivity index (χ3n) is 6.07. The molecule has 0 aliphatic rings. The zero-order chi connectivity index (χ0) is 28.6. The molecular weight excluding hydrogens is 581 g/mol. The summed E-state index contributed by atoms with van der Waals surface area (Å²) in [6.07, 6.45) is 0. The molecule has 0 atom stereocenters. The first-order valence-corrected chi connectivity index (χ1v) is 14.7. The van der Waals surface area contributed by atoms with Crippen LogP contribution in [0.4, 0.5) is 10.0 Å². The molecule has 0 aliphatic heterocycles. The second-order valence-electron chi connectivity index (χ2n) is 8.26. The topological polar surface area (TPSA) is 119 Å². The number of hydrogen-bond donors (Lipinski definition) is 0. The number of benzene rings is 1. The molecule has 0 fully saturated rings. The average Bonchev–Trinajstić information content (AvgIpc) is 3.76. The van der Waals surface area contributed by atoms with E-state index >= 15 is 0 Å². The molecule has 0 saturated heterocycles. The maximum Gasteiger partial charge on any atom is 0.350 e. The van der Waals surface area contributed by atoms with E-state index in [4.69, 9.17) is 31.8 Å². The fourth-order valence-electron chi connectivity index (χ4n) is 4.21. The number of rotatable bonds is 6. The first-order chi connectivity index (χ1) is 19.3. The molecule has 4 aromatic heterocycles. The highest BCUT2D eigenvalue weighted by Gasteiger charge is 2.22. The molecule has 0 radical (unpaired) electrons. The summed E-state index contributed by atoms with van der Waals surface area (Å²) >= 11 is 6.10. The van der Waals surface area contributed by atoms with Gasteiger partial charge in [-0.2, -0.15) is 10.5 Å². The van der Waals surface area contributed by atoms with Gasteiger partial charge in [-0.1, -0.05) is 22.9 Å². The van der Waals surface area contributed by atoms with Crippen molar-refractivity contribution < 1.29 is 9.47 Å². The minimum absolute atomic E-state index is 0.201. The highest BCUT2D eigenvalue weighted by molar-refractivity contribution is 7.29. The molecule has 40 heavy (non-hydrogen) atoms. The molecule has 0 unspecified atom stereocenters. The summed E-state index contributed by atoms with van der Waals surface area (Å²) in [7, 11) is 3.19. The average molecular weight is 597 g/mol. The van der Waals surface area contributed by atoms with Crippen molar-refractivity contribution in [2.75, 3.05) is 14.2 Å². The van der Waals surface area contributed by atoms with E-state index in [0.29, 0.717) is 21.5 Å². The number of nitrogens with zero attached hydrogens (tertiary/aromatic N) is 6. The van der Waals surface area contributed by atoms with Crippen LogP contribution in [0.1, 0.15) is 11.1 Å². The zero-order valence-corrected chi connectivity index (χ0v) is 24.7. The van der Waals surface area contributed by atoms with Crippen LogP contribution in [0.5, 0.6) is 11.5 Å². The van der Waals surface area contributed by atoms with Crippen LogP contribution in [-0.4, -0.2) is 25.8 Å². The number of methoxy groups -OCH3 is 2. The summed E-state index contributed by atoms with van der Waals surface area (Å²) in [6, 6.07) is 13.2. The zero-order valence-electron chi connectivity index (χ0n) is 21.4. The van der Waals surface area contributed by atoms with Gasteiger partial charge in [0.25, 0.3) is 0 Å². The number of aliphatic imine (C=N–C) groups is 2. The highest BCUT2D eigenvalue weighted by atomic mass is 32.1. The smallest absolute Gasteiger partial charge is 0.350 e. The molecule has 1 aromatic carbocycles. The van der Waals surface area contributed by atoms with Crippen molar-refractivity contribution in [1.29, 1.82) is 15.8 Å². The molecule has 0 aliphatic carbocycles. The number of amidine groups is 1. The standard InChI is InChI=1S/C28H16N6O2S4/c1-13-16-6-20(27-18(35-4)8-23(39-27)33-15(10-29)11-30)37-25(16)14(2)17-7-21(38-26(13)17)28-19(36-5)9-24(40-28)34-22(12-31)32-3/h6-9H,1-2,4-5H3. The van der Waals surface area contributed by atoms with Crippen molar-refractivity contribution in [3.05, 3.63) is 46.8 Å². The maximum atomic E-state index is 9.09. The molecule has 0 amide bonds. The van der Waals surface area contributed by atoms with Crippen molar-refractivity contribution in [1.82, 2.24) is 0 Å². The van der Waals surface area contributed by atoms with Crippen molar-refractivity contribution in [3.63, 3.8) is 0 Å². The number of hydrogen-bond acceptors (Lipinski definition) is 11. The van der Waals surface area contributed by atoms with Gasteiger partial charge in [-0.25, -0.2) is 10.3 Å². The van der Waals surface area contributed by atoms with Gasteiger partial charge in [-0.15, -0.1) is 34.0 Å². The molecule has 8 nitrogen and oxygen atoms in total. The van der Waals surface area contributed by atoms with Crippen LogP contribution in [0.25, 0.3) is 44.5 Å². The Kier molecular flexibility index (Phi) is 7.36. The van der Waals surface area contributed by atoms with E-state index in [1.54, 1.807) is 67.2 Å². The van der Waals surface area contributed by atoms with E-state index in [0.717, 1.165) is 41.4 Å². The van der Waals surface area contributed by atoms with Gasteiger partial charge in [0.2, 0.25) is 10.7 Å². The van der Waals surface area contributed by atoms with Gasteiger partial charge in [0, 0.05) is 31.3 Å². The summed E-state index contributed by atoms with van der Waals surface area (Å²) < 4.78 is 13.5. The van der Waals surface area contributed by atoms with Gasteiger partial charge >= 0.3 is 5.84 Å². The molecule has 0 N–H and O–H groups in total. The van der Waals surface area contributed by atoms with Crippen molar-refractivity contribution >= 4 is 87.1 Å². The SMILES string of the molecule is [C-]#[N+]C(C#N)=Nc1cc(OC)c(-c2cc3c(C)c4sc(-c5sc(N=C(C#N)C#N)cc5OC)cc4c(C)c3s2)s1. The largest absolute Gasteiger partial charge is 0.495 e. The van der Waals surface area contributed by atoms with Crippen LogP contribution in [0.3, 0.4) is 0 Å². The van der Waals surface area contributed by atoms with Crippen LogP contribution in [0.15, 0.2) is 34.3 Å². The molecule has 5 aromatic rings. The summed E-state index contributed by atoms with van der Waals surface area (Å²) in [5.41, 5.74) is 2.12. The Morgan fingerprint density at radius 2 is 1.23 bits per heavy atom. The van der Waals surface area contributed by atoms with Gasteiger partial charge in [0.1, 0.15) is 34.7 Å². The van der Waals surface area contributed by atoms with Crippen molar-refractivity contribution in [2.24, 2.45) is 9.98 Å². The minimum atomic E-state index is -0.216. The third-order valence-corrected chi connectivity index (χ3v) is 11.0. The molecule has 0 bridgehead atoms. The first kappa shape index (κ1) is 27.0. The van der Waals surface area contributed by atoms with Gasteiger partial charge < -0.3 is 14.3 Å². The second-order valence-corrected chi connectivity index (χ2v) is 12.4. The van der Waals surface area contributed by atoms with E-state index in [2.05, 4.69) is 40.8 Å². The fourth-order valence-corrected chi connectivity index (χ4v) is 8.88. The van der Waals surface area contributed by atoms with Crippen LogP contribution in [0, 0.1) is 54.4 Å². The van der Waals surface area contributed by atoms with Gasteiger partial charge in [-0.3, -0.25) is 0 Å². The van der Waals surface area contributed by atoms with Gasteiger partial charge in [-0.05, 0) is 47.9 Å². The summed E-state index contributed by atoms with van der Waals surface area (Å²) in [5, 5.41) is 30.6. The molecule has 12 heteroatoms. The molecular formula is C28H16N6O2S4. The lowest BCUT2D eigenvalue weighted by Crippen LogP contribution is -1.84. The minimum Gasteiger partial charge on any atom is -0.495 e. The van der Waals surface area contributed by atoms with Crippen molar-refractivity contribution in [3.8, 4) is 49.2 Å². The molecule has 0 spiro atoms. The van der Waals surface area contributed by atoms with Crippen LogP contribution < -0.4 is 9.47 Å². The lowest BCUT2D eigenvalue weighted by atomic mass is 10.0. The lowest BCUT2D eigenvalue weighted by molar-refractivity contribution is 0.418. The number of fused-ring (bicyclic) bond motifs is 2. The van der Waals surface area contributed by atoms with Crippen molar-refractivity contribution in [2.45, 2.75) is 13.8 Å². The summed E-state index contributed by atoms with van der Waals surface area (Å²) in [6.45, 7) is 11.3. The molecule has 4 heterocycles. The predicted molar refractivity (Wildman–Crippen MR) is 164 cm³/mol. The Labute approximate surface area is 245 Å². The first-order valence-electron chi connectivity index (χ1n) is 11.4. The number of aryl methyl sites for hydroxylation is 2. The summed E-state index contributed by atoms with van der Waals surface area (Å²) in [5.74, 6) is 1.08. The van der Waals surface area contributed by atoms with Crippen LogP contribution >= 0.6 is 45.3 Å². The number of ether oxygens (including phenoxy) is 2. The molecule has 0 saturated carbocycles. The normalized spacial score (nSPS) is 11.1. The van der Waals surface area contributed by atoms with Gasteiger partial charge in [0.05, 0.1) is 24.0 Å². The molecule has 5 rings (SSSR count). The number of thiophene rings is 4. The predicted octanol–water partition coefficient (Wildman–Crippen LogP) is 8.80. The van der Waals surface area contributed by atoms with E-state index in [1.165, 1.54) is 32.1 Å². The van der Waals surface area contributed by atoms with E-state index in [9.17, 15) is 0 Å². The Hall–Kier alpha value is -4.56. The highest BCUT2D eigenvalue weighted by Crippen LogP contribution is 2.51. The summed E-state index contributed by atoms with van der Waals surface area (Å²) in [4.78, 5) is 15.3. The Morgan fingerprint density at radius 3 is 1.62 bits per heavy atom. The molecule has 194 valence electrons. The van der Waals surface area contributed by atoms with Crippen LogP contribution in [-0.2, 0) is 0 Å². The fraction of sp³-hybridized carbons (Fsp3) is 0.143. The lowest BCUT2D eigenvalue weighted by Gasteiger charge is -2.03. The Balaban J connectivity index is 1.63. The quantitative estimate of drug-likeness (QED) is 0.110. The monoisotopic (exact) mass is 596 g/mol. The Bertz CT molecular complexity index is 1830. The Morgan fingerprint density at radius 1 is 0.750 bits per heavy atom. The van der Waals surface area contributed by atoms with E-state index in [1.807, 2.05) is 0 Å². The van der Waals surface area contributed by atoms with Crippen LogP contribution in [0.2, 0.25) is 0 Å². The van der Waals surface area contributed by atoms with E-state index < -0.39 is 0 Å². The van der Waals surface area contributed by atoms with Gasteiger partial charge in [0.15, 0.2) is 0 Å².